The Balaban J connectivity index is 0. The number of rotatable bonds is 1. The van der Waals surface area contributed by atoms with Crippen LogP contribution in [0.2, 0.25) is 0 Å². The molecule has 0 aromatic heterocycles. The van der Waals surface area contributed by atoms with Gasteiger partial charge in [-0.15, -0.1) is 0 Å². The van der Waals surface area contributed by atoms with Crippen molar-refractivity contribution in [3.8, 4) is 11.1 Å². The Kier molecular flexibility index (Phi) is 13.6. The van der Waals surface area contributed by atoms with E-state index in [1.807, 2.05) is 41.5 Å². The average molecular weight is 301 g/mol. The van der Waals surface area contributed by atoms with Gasteiger partial charge in [-0.05, 0) is 49.9 Å². The molecule has 0 nitrogen and oxygen atoms in total. The number of hydrogen-bond donors (Lipinski definition) is 0. The summed E-state index contributed by atoms with van der Waals surface area (Å²) < 4.78 is 0. The first-order chi connectivity index (χ1) is 10.6. The second-order valence-corrected chi connectivity index (χ2v) is 4.64. The normalized spacial score (nSPS) is 8.45. The molecule has 0 radical (unpaired) electrons. The topological polar surface area (TPSA) is 0 Å². The van der Waals surface area contributed by atoms with E-state index in [1.165, 1.54) is 33.4 Å². The lowest BCUT2D eigenvalue weighted by molar-refractivity contribution is 1.34. The summed E-state index contributed by atoms with van der Waals surface area (Å²) in [4.78, 5) is 0. The van der Waals surface area contributed by atoms with Gasteiger partial charge in [0.1, 0.15) is 0 Å². The van der Waals surface area contributed by atoms with Crippen LogP contribution in [0.25, 0.3) is 11.1 Å². The fraction of sp³-hybridized carbons (Fsp3) is 0.455. The Morgan fingerprint density at radius 1 is 0.455 bits per heavy atom. The molecular formula is C22H36. The fourth-order valence-electron chi connectivity index (χ4n) is 2.23. The van der Waals surface area contributed by atoms with Gasteiger partial charge in [-0.1, -0.05) is 89.1 Å². The Morgan fingerprint density at radius 2 is 0.727 bits per heavy atom. The van der Waals surface area contributed by atoms with Gasteiger partial charge in [-0.3, -0.25) is 0 Å². The van der Waals surface area contributed by atoms with E-state index < -0.39 is 0 Å². The van der Waals surface area contributed by atoms with Gasteiger partial charge in [0.25, 0.3) is 0 Å². The standard InChI is InChI=1S/C16H18.3C2H6/c1-11-5-7-15(13(3)9-11)16-8-6-12(2)10-14(16)4;3*1-2/h5-10H,1-4H3;3*1-2H3. The fourth-order valence-corrected chi connectivity index (χ4v) is 2.23. The van der Waals surface area contributed by atoms with Crippen LogP contribution in [-0.4, -0.2) is 0 Å². The zero-order valence-electron chi connectivity index (χ0n) is 16.5. The molecule has 22 heavy (non-hydrogen) atoms. The molecule has 0 aliphatic carbocycles. The first-order valence-corrected chi connectivity index (χ1v) is 8.73. The largest absolute Gasteiger partial charge is 0.0683 e. The summed E-state index contributed by atoms with van der Waals surface area (Å²) in [5.74, 6) is 0. The molecule has 0 saturated heterocycles. The highest BCUT2D eigenvalue weighted by Crippen LogP contribution is 2.27. The first kappa shape index (κ1) is 22.7. The Hall–Kier alpha value is -1.56. The van der Waals surface area contributed by atoms with Crippen molar-refractivity contribution in [2.45, 2.75) is 69.2 Å². The minimum Gasteiger partial charge on any atom is -0.0683 e. The van der Waals surface area contributed by atoms with Crippen molar-refractivity contribution in [2.75, 3.05) is 0 Å². The molecule has 2 aromatic rings. The molecule has 0 amide bonds. The van der Waals surface area contributed by atoms with Gasteiger partial charge >= 0.3 is 0 Å². The average Bonchev–Trinajstić information content (AvgIpc) is 2.54. The highest BCUT2D eigenvalue weighted by atomic mass is 14.1. The number of aryl methyl sites for hydroxylation is 4. The van der Waals surface area contributed by atoms with Crippen molar-refractivity contribution in [1.29, 1.82) is 0 Å². The molecule has 0 heteroatoms. The van der Waals surface area contributed by atoms with Crippen LogP contribution in [0.4, 0.5) is 0 Å². The van der Waals surface area contributed by atoms with E-state index in [4.69, 9.17) is 0 Å². The SMILES string of the molecule is CC.CC.CC.Cc1ccc(-c2ccc(C)cc2C)c(C)c1. The van der Waals surface area contributed by atoms with Gasteiger partial charge in [0.2, 0.25) is 0 Å². The molecule has 0 aliphatic rings. The predicted molar refractivity (Wildman–Crippen MR) is 105 cm³/mol. The van der Waals surface area contributed by atoms with E-state index in [0.29, 0.717) is 0 Å². The summed E-state index contributed by atoms with van der Waals surface area (Å²) in [7, 11) is 0. The highest BCUT2D eigenvalue weighted by Gasteiger charge is 2.04. The smallest absolute Gasteiger partial charge is 0.0152 e. The van der Waals surface area contributed by atoms with Crippen molar-refractivity contribution in [3.05, 3.63) is 58.7 Å². The van der Waals surface area contributed by atoms with Crippen LogP contribution in [-0.2, 0) is 0 Å². The maximum Gasteiger partial charge on any atom is -0.0152 e. The van der Waals surface area contributed by atoms with E-state index in [-0.39, 0.29) is 0 Å². The van der Waals surface area contributed by atoms with Crippen LogP contribution in [0.3, 0.4) is 0 Å². The Labute approximate surface area is 139 Å². The van der Waals surface area contributed by atoms with Gasteiger partial charge in [0.05, 0.1) is 0 Å². The third-order valence-corrected chi connectivity index (χ3v) is 3.05. The minimum atomic E-state index is 1.33. The van der Waals surface area contributed by atoms with Gasteiger partial charge in [-0.2, -0.15) is 0 Å². The summed E-state index contributed by atoms with van der Waals surface area (Å²) in [5, 5.41) is 0. The van der Waals surface area contributed by atoms with E-state index in [0.717, 1.165) is 0 Å². The van der Waals surface area contributed by atoms with Crippen LogP contribution in [0, 0.1) is 27.7 Å². The molecule has 0 N–H and O–H groups in total. The van der Waals surface area contributed by atoms with Crippen LogP contribution in [0.1, 0.15) is 63.8 Å². The lowest BCUT2D eigenvalue weighted by Crippen LogP contribution is -1.88. The number of hydrogen-bond acceptors (Lipinski definition) is 0. The Bertz CT molecular complexity index is 472. The quantitative estimate of drug-likeness (QED) is 0.507. The first-order valence-electron chi connectivity index (χ1n) is 8.73. The van der Waals surface area contributed by atoms with Gasteiger partial charge in [-0.25, -0.2) is 0 Å². The molecule has 0 aliphatic heterocycles. The summed E-state index contributed by atoms with van der Waals surface area (Å²) >= 11 is 0. The lowest BCUT2D eigenvalue weighted by Gasteiger charge is -2.10. The van der Waals surface area contributed by atoms with E-state index in [1.54, 1.807) is 0 Å². The van der Waals surface area contributed by atoms with Gasteiger partial charge in [0, 0.05) is 0 Å². The molecule has 2 rings (SSSR count). The molecule has 0 unspecified atom stereocenters. The molecule has 0 bridgehead atoms. The third-order valence-electron chi connectivity index (χ3n) is 3.05. The van der Waals surface area contributed by atoms with Crippen LogP contribution < -0.4 is 0 Å². The molecule has 0 spiro atoms. The molecule has 0 fully saturated rings. The van der Waals surface area contributed by atoms with Crippen molar-refractivity contribution >= 4 is 0 Å². The summed E-state index contributed by atoms with van der Waals surface area (Å²) in [6, 6.07) is 13.3. The van der Waals surface area contributed by atoms with E-state index >= 15 is 0 Å². The third kappa shape index (κ3) is 6.93. The predicted octanol–water partition coefficient (Wildman–Crippen LogP) is 7.67. The maximum atomic E-state index is 2.24. The van der Waals surface area contributed by atoms with Crippen molar-refractivity contribution in [1.82, 2.24) is 0 Å². The second kappa shape index (κ2) is 13.1. The van der Waals surface area contributed by atoms with Crippen molar-refractivity contribution in [3.63, 3.8) is 0 Å². The van der Waals surface area contributed by atoms with Crippen LogP contribution >= 0.6 is 0 Å². The molecule has 0 heterocycles. The van der Waals surface area contributed by atoms with Crippen LogP contribution in [0.5, 0.6) is 0 Å². The number of benzene rings is 2. The summed E-state index contributed by atoms with van der Waals surface area (Å²) in [6.45, 7) is 20.6. The minimum absolute atomic E-state index is 1.33. The highest BCUT2D eigenvalue weighted by molar-refractivity contribution is 5.71. The monoisotopic (exact) mass is 300 g/mol. The van der Waals surface area contributed by atoms with E-state index in [9.17, 15) is 0 Å². The Morgan fingerprint density at radius 3 is 0.955 bits per heavy atom. The van der Waals surface area contributed by atoms with Gasteiger partial charge in [0.15, 0.2) is 0 Å². The molecular weight excluding hydrogens is 264 g/mol. The zero-order valence-corrected chi connectivity index (χ0v) is 16.5. The second-order valence-electron chi connectivity index (χ2n) is 4.64. The zero-order chi connectivity index (χ0) is 17.7. The van der Waals surface area contributed by atoms with Crippen molar-refractivity contribution in [2.24, 2.45) is 0 Å². The maximum absolute atomic E-state index is 2.24. The summed E-state index contributed by atoms with van der Waals surface area (Å²) in [6.07, 6.45) is 0. The van der Waals surface area contributed by atoms with Crippen molar-refractivity contribution < 1.29 is 0 Å². The molecule has 2 aromatic carbocycles. The van der Waals surface area contributed by atoms with Crippen LogP contribution in [0.15, 0.2) is 36.4 Å². The summed E-state index contributed by atoms with van der Waals surface area (Å²) in [5.41, 5.74) is 8.06. The molecule has 0 atom stereocenters. The van der Waals surface area contributed by atoms with Gasteiger partial charge < -0.3 is 0 Å². The molecule has 124 valence electrons. The molecule has 0 saturated carbocycles. The van der Waals surface area contributed by atoms with E-state index in [2.05, 4.69) is 64.1 Å². The lowest BCUT2D eigenvalue weighted by atomic mass is 9.94.